The van der Waals surface area contributed by atoms with Crippen molar-refractivity contribution in [2.45, 2.75) is 13.8 Å². The number of imide groups is 2. The van der Waals surface area contributed by atoms with E-state index in [1.807, 2.05) is 13.8 Å². The molecule has 4 amide bonds. The molecule has 0 radical (unpaired) electrons. The van der Waals surface area contributed by atoms with E-state index in [1.54, 1.807) is 30.3 Å². The third-order valence-electron chi connectivity index (χ3n) is 4.38. The van der Waals surface area contributed by atoms with E-state index in [-0.39, 0.29) is 5.57 Å². The van der Waals surface area contributed by atoms with Crippen molar-refractivity contribution in [3.8, 4) is 11.5 Å². The van der Waals surface area contributed by atoms with Crippen molar-refractivity contribution in [2.24, 2.45) is 0 Å². The SMILES string of the molecule is CCOc1cc(Br)c(/C=C2\C(=O)NC(=O)N(c3ccc(Br)c(C)c3)C2=O)cc1OC. The highest BCUT2D eigenvalue weighted by Gasteiger charge is 2.37. The number of hydrogen-bond acceptors (Lipinski definition) is 5. The highest BCUT2D eigenvalue weighted by atomic mass is 79.9. The van der Waals surface area contributed by atoms with Crippen LogP contribution in [0, 0.1) is 6.92 Å². The Balaban J connectivity index is 2.05. The van der Waals surface area contributed by atoms with Crippen molar-refractivity contribution >= 4 is 61.5 Å². The van der Waals surface area contributed by atoms with Crippen molar-refractivity contribution in [3.63, 3.8) is 0 Å². The largest absolute Gasteiger partial charge is 0.493 e. The Bertz CT molecular complexity index is 1080. The molecule has 0 bridgehead atoms. The van der Waals surface area contributed by atoms with E-state index in [0.29, 0.717) is 33.8 Å². The molecule has 0 unspecified atom stereocenters. The maximum Gasteiger partial charge on any atom is 0.335 e. The number of benzene rings is 2. The molecule has 30 heavy (non-hydrogen) atoms. The standard InChI is InChI=1S/C21H18Br2N2O5/c1-4-30-18-10-16(23)12(9-17(18)29-3)8-14-19(26)24-21(28)25(20(14)27)13-5-6-15(22)11(2)7-13/h5-10H,4H2,1-3H3,(H,24,26,28)/b14-8+. The van der Waals surface area contributed by atoms with Crippen molar-refractivity contribution in [1.29, 1.82) is 0 Å². The molecule has 0 saturated carbocycles. The maximum absolute atomic E-state index is 13.1. The second-order valence-electron chi connectivity index (χ2n) is 6.35. The molecule has 9 heteroatoms. The monoisotopic (exact) mass is 536 g/mol. The molecule has 1 aliphatic heterocycles. The first-order valence-corrected chi connectivity index (χ1v) is 10.5. The number of ether oxygens (including phenoxy) is 2. The number of amides is 4. The summed E-state index contributed by atoms with van der Waals surface area (Å²) in [6.45, 7) is 4.14. The zero-order chi connectivity index (χ0) is 22.0. The number of rotatable bonds is 5. The van der Waals surface area contributed by atoms with Gasteiger partial charge < -0.3 is 9.47 Å². The molecule has 0 aliphatic carbocycles. The van der Waals surface area contributed by atoms with Crippen LogP contribution in [0.3, 0.4) is 0 Å². The molecule has 1 aliphatic rings. The van der Waals surface area contributed by atoms with Gasteiger partial charge in [0.25, 0.3) is 11.8 Å². The summed E-state index contributed by atoms with van der Waals surface area (Å²) in [5.41, 5.74) is 1.55. The van der Waals surface area contributed by atoms with Crippen LogP contribution in [0.15, 0.2) is 44.9 Å². The van der Waals surface area contributed by atoms with Crippen molar-refractivity contribution in [3.05, 3.63) is 56.0 Å². The second kappa shape index (κ2) is 9.01. The zero-order valence-electron chi connectivity index (χ0n) is 16.4. The van der Waals surface area contributed by atoms with E-state index in [0.717, 1.165) is 14.9 Å². The Kier molecular flexibility index (Phi) is 6.62. The first kappa shape index (κ1) is 22.0. The number of aryl methyl sites for hydroxylation is 1. The summed E-state index contributed by atoms with van der Waals surface area (Å²) in [4.78, 5) is 38.8. The van der Waals surface area contributed by atoms with Gasteiger partial charge in [-0.2, -0.15) is 0 Å². The summed E-state index contributed by atoms with van der Waals surface area (Å²) in [6.07, 6.45) is 1.41. The van der Waals surface area contributed by atoms with Gasteiger partial charge in [0.05, 0.1) is 19.4 Å². The van der Waals surface area contributed by atoms with Gasteiger partial charge >= 0.3 is 6.03 Å². The average molecular weight is 538 g/mol. The number of urea groups is 1. The Morgan fingerprint density at radius 2 is 1.80 bits per heavy atom. The predicted molar refractivity (Wildman–Crippen MR) is 120 cm³/mol. The van der Waals surface area contributed by atoms with Gasteiger partial charge in [0.2, 0.25) is 0 Å². The van der Waals surface area contributed by atoms with Crippen LogP contribution in [-0.2, 0) is 9.59 Å². The fourth-order valence-electron chi connectivity index (χ4n) is 2.90. The predicted octanol–water partition coefficient (Wildman–Crippen LogP) is 4.59. The van der Waals surface area contributed by atoms with Crippen LogP contribution >= 0.6 is 31.9 Å². The Morgan fingerprint density at radius 3 is 2.43 bits per heavy atom. The molecule has 156 valence electrons. The fourth-order valence-corrected chi connectivity index (χ4v) is 3.59. The molecular formula is C21H18Br2N2O5. The van der Waals surface area contributed by atoms with E-state index >= 15 is 0 Å². The van der Waals surface area contributed by atoms with Crippen LogP contribution in [0.25, 0.3) is 6.08 Å². The van der Waals surface area contributed by atoms with Crippen LogP contribution in [-0.4, -0.2) is 31.6 Å². The van der Waals surface area contributed by atoms with Gasteiger partial charge in [-0.25, -0.2) is 9.69 Å². The molecular weight excluding hydrogens is 520 g/mol. The van der Waals surface area contributed by atoms with Gasteiger partial charge in [-0.1, -0.05) is 31.9 Å². The maximum atomic E-state index is 13.1. The van der Waals surface area contributed by atoms with E-state index < -0.39 is 17.8 Å². The summed E-state index contributed by atoms with van der Waals surface area (Å²) in [5.74, 6) is -0.511. The summed E-state index contributed by atoms with van der Waals surface area (Å²) < 4.78 is 12.3. The van der Waals surface area contributed by atoms with E-state index in [4.69, 9.17) is 9.47 Å². The minimum absolute atomic E-state index is 0.179. The number of hydrogen-bond donors (Lipinski definition) is 1. The Labute approximate surface area is 190 Å². The van der Waals surface area contributed by atoms with Crippen molar-refractivity contribution in [1.82, 2.24) is 5.32 Å². The highest BCUT2D eigenvalue weighted by molar-refractivity contribution is 9.10. The van der Waals surface area contributed by atoms with Gasteiger partial charge in [-0.15, -0.1) is 0 Å². The molecule has 3 rings (SSSR count). The quantitative estimate of drug-likeness (QED) is 0.445. The van der Waals surface area contributed by atoms with Crippen molar-refractivity contribution in [2.75, 3.05) is 18.6 Å². The summed E-state index contributed by atoms with van der Waals surface area (Å²) in [7, 11) is 1.50. The van der Waals surface area contributed by atoms with Crippen LogP contribution < -0.4 is 19.7 Å². The smallest absolute Gasteiger partial charge is 0.335 e. The Morgan fingerprint density at radius 1 is 1.07 bits per heavy atom. The average Bonchev–Trinajstić information content (AvgIpc) is 2.69. The molecule has 0 aromatic heterocycles. The molecule has 2 aromatic carbocycles. The molecule has 0 spiro atoms. The lowest BCUT2D eigenvalue weighted by Crippen LogP contribution is -2.54. The number of carbonyl (C=O) groups is 3. The summed E-state index contributed by atoms with van der Waals surface area (Å²) in [5, 5.41) is 2.22. The van der Waals surface area contributed by atoms with E-state index in [2.05, 4.69) is 37.2 Å². The molecule has 1 heterocycles. The minimum atomic E-state index is -0.799. The lowest BCUT2D eigenvalue weighted by atomic mass is 10.1. The number of anilines is 1. The van der Waals surface area contributed by atoms with Crippen LogP contribution in [0.2, 0.25) is 0 Å². The minimum Gasteiger partial charge on any atom is -0.493 e. The molecule has 0 atom stereocenters. The second-order valence-corrected chi connectivity index (χ2v) is 8.06. The lowest BCUT2D eigenvalue weighted by molar-refractivity contribution is -0.122. The summed E-state index contributed by atoms with van der Waals surface area (Å²) in [6, 6.07) is 7.59. The number of nitrogens with one attached hydrogen (secondary N) is 1. The van der Waals surface area contributed by atoms with Crippen LogP contribution in [0.4, 0.5) is 10.5 Å². The number of nitrogens with zero attached hydrogens (tertiary/aromatic N) is 1. The zero-order valence-corrected chi connectivity index (χ0v) is 19.6. The lowest BCUT2D eigenvalue weighted by Gasteiger charge is -2.26. The molecule has 1 N–H and O–H groups in total. The van der Waals surface area contributed by atoms with E-state index in [9.17, 15) is 14.4 Å². The van der Waals surface area contributed by atoms with Gasteiger partial charge in [0.1, 0.15) is 5.57 Å². The topological polar surface area (TPSA) is 84.9 Å². The third kappa shape index (κ3) is 4.27. The third-order valence-corrected chi connectivity index (χ3v) is 5.96. The molecule has 7 nitrogen and oxygen atoms in total. The number of methoxy groups -OCH3 is 1. The summed E-state index contributed by atoms with van der Waals surface area (Å²) >= 11 is 6.82. The van der Waals surface area contributed by atoms with Gasteiger partial charge in [0, 0.05) is 8.95 Å². The number of barbiturate groups is 1. The molecule has 1 fully saturated rings. The number of carbonyl (C=O) groups excluding carboxylic acids is 3. The van der Waals surface area contributed by atoms with Crippen LogP contribution in [0.1, 0.15) is 18.1 Å². The highest BCUT2D eigenvalue weighted by Crippen LogP contribution is 2.35. The first-order valence-electron chi connectivity index (χ1n) is 8.94. The normalized spacial score (nSPS) is 15.4. The fraction of sp³-hybridized carbons (Fsp3) is 0.190. The first-order chi connectivity index (χ1) is 14.3. The van der Waals surface area contributed by atoms with Gasteiger partial charge in [0.15, 0.2) is 11.5 Å². The Hall–Kier alpha value is -2.65. The molecule has 2 aromatic rings. The van der Waals surface area contributed by atoms with Gasteiger partial charge in [-0.05, 0) is 61.4 Å². The number of halogens is 2. The van der Waals surface area contributed by atoms with Crippen LogP contribution in [0.5, 0.6) is 11.5 Å². The molecule has 1 saturated heterocycles. The van der Waals surface area contributed by atoms with Gasteiger partial charge in [-0.3, -0.25) is 14.9 Å². The van der Waals surface area contributed by atoms with E-state index in [1.165, 1.54) is 13.2 Å². The van der Waals surface area contributed by atoms with Crippen molar-refractivity contribution < 1.29 is 23.9 Å².